The van der Waals surface area contributed by atoms with Crippen molar-refractivity contribution >= 4 is 34.2 Å². The molecule has 1 N–H and O–H groups in total. The van der Waals surface area contributed by atoms with Gasteiger partial charge in [-0.1, -0.05) is 12.6 Å². The van der Waals surface area contributed by atoms with E-state index in [-0.39, 0.29) is 5.05 Å². The molecule has 0 fully saturated rings. The lowest BCUT2D eigenvalue weighted by atomic mass is 10.3. The molecule has 10 heavy (non-hydrogen) atoms. The minimum atomic E-state index is -0.123. The van der Waals surface area contributed by atoms with Gasteiger partial charge >= 0.3 is 0 Å². The van der Waals surface area contributed by atoms with E-state index in [4.69, 9.17) is 5.11 Å². The van der Waals surface area contributed by atoms with Gasteiger partial charge in [0.2, 0.25) is 0 Å². The molecule has 3 heteroatoms. The van der Waals surface area contributed by atoms with Crippen molar-refractivity contribution in [2.75, 3.05) is 0 Å². The van der Waals surface area contributed by atoms with Crippen LogP contribution in [0.2, 0.25) is 0 Å². The summed E-state index contributed by atoms with van der Waals surface area (Å²) >= 11 is 6.04. The van der Waals surface area contributed by atoms with Crippen LogP contribution in [-0.4, -0.2) is 10.2 Å². The van der Waals surface area contributed by atoms with E-state index < -0.39 is 0 Å². The first kappa shape index (κ1) is 7.44. The first-order valence-corrected chi connectivity index (χ1v) is 3.96. The molecule has 1 aromatic rings. The Morgan fingerprint density at radius 2 is 2.40 bits per heavy atom. The third kappa shape index (κ3) is 1.43. The second-order valence-corrected chi connectivity index (χ2v) is 3.10. The predicted octanol–water partition coefficient (Wildman–Crippen LogP) is 2.65. The normalized spacial score (nSPS) is 9.20. The van der Waals surface area contributed by atoms with Crippen LogP contribution in [0.4, 0.5) is 0 Å². The highest BCUT2D eigenvalue weighted by Gasteiger charge is 2.02. The largest absolute Gasteiger partial charge is 0.498 e. The maximum atomic E-state index is 8.83. The average Bonchev–Trinajstić information content (AvgIpc) is 2.36. The molecule has 1 aromatic heterocycles. The molecule has 0 aromatic carbocycles. The highest BCUT2D eigenvalue weighted by Crippen LogP contribution is 2.18. The molecular weight excluding hydrogens is 164 g/mol. The minimum Gasteiger partial charge on any atom is -0.498 e. The van der Waals surface area contributed by atoms with Crippen molar-refractivity contribution in [2.24, 2.45) is 0 Å². The van der Waals surface area contributed by atoms with Crippen LogP contribution < -0.4 is 0 Å². The molecule has 0 spiro atoms. The third-order valence-electron chi connectivity index (χ3n) is 1.08. The molecule has 0 radical (unpaired) electrons. The summed E-state index contributed by atoms with van der Waals surface area (Å²) < 4.78 is 0. The van der Waals surface area contributed by atoms with Crippen molar-refractivity contribution in [3.8, 4) is 0 Å². The molecule has 0 unspecified atom stereocenters. The van der Waals surface area contributed by atoms with Crippen molar-refractivity contribution in [1.82, 2.24) is 0 Å². The van der Waals surface area contributed by atoms with Gasteiger partial charge in [-0.2, -0.15) is 0 Å². The second kappa shape index (κ2) is 2.94. The van der Waals surface area contributed by atoms with Gasteiger partial charge < -0.3 is 5.11 Å². The van der Waals surface area contributed by atoms with Crippen molar-refractivity contribution < 1.29 is 5.11 Å². The van der Waals surface area contributed by atoms with E-state index in [1.807, 2.05) is 17.5 Å². The van der Waals surface area contributed by atoms with Crippen LogP contribution in [0.25, 0.3) is 5.57 Å². The SMILES string of the molecule is C=C(C(O)=S)c1cccs1. The van der Waals surface area contributed by atoms with Crippen molar-refractivity contribution in [3.05, 3.63) is 29.0 Å². The Labute approximate surface area is 68.6 Å². The van der Waals surface area contributed by atoms with Crippen LogP contribution in [0.15, 0.2) is 24.1 Å². The van der Waals surface area contributed by atoms with Gasteiger partial charge in [0.15, 0.2) is 5.05 Å². The van der Waals surface area contributed by atoms with E-state index in [0.717, 1.165) is 4.88 Å². The number of thiophene rings is 1. The Morgan fingerprint density at radius 1 is 1.70 bits per heavy atom. The smallest absolute Gasteiger partial charge is 0.189 e. The highest BCUT2D eigenvalue weighted by molar-refractivity contribution is 7.81. The predicted molar refractivity (Wildman–Crippen MR) is 48.6 cm³/mol. The van der Waals surface area contributed by atoms with Crippen LogP contribution in [0, 0.1) is 0 Å². The summed E-state index contributed by atoms with van der Waals surface area (Å²) in [4.78, 5) is 0.924. The summed E-state index contributed by atoms with van der Waals surface area (Å²) in [5.74, 6) is 0. The second-order valence-electron chi connectivity index (χ2n) is 1.76. The van der Waals surface area contributed by atoms with Gasteiger partial charge in [-0.15, -0.1) is 11.3 Å². The van der Waals surface area contributed by atoms with Crippen LogP contribution in [0.1, 0.15) is 4.88 Å². The molecule has 1 heterocycles. The number of rotatable bonds is 2. The molecule has 0 saturated heterocycles. The molecule has 0 aliphatic heterocycles. The van der Waals surface area contributed by atoms with E-state index in [2.05, 4.69) is 18.8 Å². The van der Waals surface area contributed by atoms with E-state index in [1.165, 1.54) is 11.3 Å². The van der Waals surface area contributed by atoms with Gasteiger partial charge in [0, 0.05) is 10.5 Å². The average molecular weight is 170 g/mol. The number of thiocarbonyl (C=S) groups is 1. The third-order valence-corrected chi connectivity index (χ3v) is 2.25. The molecule has 52 valence electrons. The van der Waals surface area contributed by atoms with E-state index >= 15 is 0 Å². The number of aliphatic hydroxyl groups is 1. The Bertz CT molecular complexity index is 249. The molecule has 1 rings (SSSR count). The van der Waals surface area contributed by atoms with Crippen molar-refractivity contribution in [2.45, 2.75) is 0 Å². The summed E-state index contributed by atoms with van der Waals surface area (Å²) in [5, 5.41) is 10.6. The fraction of sp³-hybridized carbons (Fsp3) is 0. The molecule has 0 aliphatic rings. The lowest BCUT2D eigenvalue weighted by Gasteiger charge is -1.94. The molecule has 1 nitrogen and oxygen atoms in total. The first-order valence-electron chi connectivity index (χ1n) is 2.68. The fourth-order valence-corrected chi connectivity index (χ4v) is 1.43. The van der Waals surface area contributed by atoms with Gasteiger partial charge in [-0.25, -0.2) is 0 Å². The monoisotopic (exact) mass is 170 g/mol. The summed E-state index contributed by atoms with van der Waals surface area (Å²) in [7, 11) is 0. The van der Waals surface area contributed by atoms with Crippen LogP contribution in [0.5, 0.6) is 0 Å². The van der Waals surface area contributed by atoms with Gasteiger partial charge in [0.1, 0.15) is 0 Å². The Hall–Kier alpha value is -0.670. The minimum absolute atomic E-state index is 0.123. The van der Waals surface area contributed by atoms with Gasteiger partial charge in [-0.05, 0) is 23.7 Å². The zero-order valence-corrected chi connectivity index (χ0v) is 6.84. The molecule has 0 aliphatic carbocycles. The van der Waals surface area contributed by atoms with E-state index in [0.29, 0.717) is 5.57 Å². The Balaban J connectivity index is 2.88. The molecular formula is C7H6OS2. The topological polar surface area (TPSA) is 20.2 Å². The van der Waals surface area contributed by atoms with Gasteiger partial charge in [-0.3, -0.25) is 0 Å². The zero-order valence-electron chi connectivity index (χ0n) is 5.20. The summed E-state index contributed by atoms with van der Waals surface area (Å²) in [5.41, 5.74) is 0.532. The maximum absolute atomic E-state index is 8.83. The molecule has 0 saturated carbocycles. The maximum Gasteiger partial charge on any atom is 0.189 e. The summed E-state index contributed by atoms with van der Waals surface area (Å²) in [6.45, 7) is 3.62. The van der Waals surface area contributed by atoms with Crippen molar-refractivity contribution in [3.63, 3.8) is 0 Å². The summed E-state index contributed by atoms with van der Waals surface area (Å²) in [6, 6.07) is 3.76. The first-order chi connectivity index (χ1) is 4.72. The van der Waals surface area contributed by atoms with Crippen molar-refractivity contribution in [1.29, 1.82) is 0 Å². The van der Waals surface area contributed by atoms with Crippen LogP contribution in [0.3, 0.4) is 0 Å². The number of hydrogen-bond donors (Lipinski definition) is 1. The number of hydrogen-bond acceptors (Lipinski definition) is 2. The lowest BCUT2D eigenvalue weighted by Crippen LogP contribution is -1.91. The molecule has 0 bridgehead atoms. The lowest BCUT2D eigenvalue weighted by molar-refractivity contribution is 0.577. The standard InChI is InChI=1S/C7H6OS2/c1-5(7(8)9)6-3-2-4-10-6/h2-4H,1H2,(H,8,9). The highest BCUT2D eigenvalue weighted by atomic mass is 32.1. The molecule has 0 amide bonds. The van der Waals surface area contributed by atoms with E-state index in [9.17, 15) is 0 Å². The zero-order chi connectivity index (χ0) is 7.56. The quantitative estimate of drug-likeness (QED) is 0.544. The van der Waals surface area contributed by atoms with Crippen LogP contribution >= 0.6 is 23.6 Å². The summed E-state index contributed by atoms with van der Waals surface area (Å²) in [6.07, 6.45) is 0. The fourth-order valence-electron chi connectivity index (χ4n) is 0.556. The van der Waals surface area contributed by atoms with Crippen LogP contribution in [-0.2, 0) is 0 Å². The number of aliphatic hydroxyl groups excluding tert-OH is 1. The Kier molecular flexibility index (Phi) is 2.19. The van der Waals surface area contributed by atoms with E-state index in [1.54, 1.807) is 0 Å². The Morgan fingerprint density at radius 3 is 2.80 bits per heavy atom. The van der Waals surface area contributed by atoms with Gasteiger partial charge in [0.05, 0.1) is 0 Å². The molecule has 0 atom stereocenters. The van der Waals surface area contributed by atoms with Gasteiger partial charge in [0.25, 0.3) is 0 Å².